The molecule has 1 unspecified atom stereocenters. The maximum absolute atomic E-state index is 13.8. The highest BCUT2D eigenvalue weighted by atomic mass is 19.4. The number of hydrogen-bond acceptors (Lipinski definition) is 11. The van der Waals surface area contributed by atoms with Gasteiger partial charge in [-0.2, -0.15) is 23.1 Å². The number of carbonyl (C=O) groups excluding carboxylic acids is 1. The molecule has 270 valence electrons. The molecule has 6 rings (SSSR count). The van der Waals surface area contributed by atoms with E-state index in [1.807, 2.05) is 36.4 Å². The van der Waals surface area contributed by atoms with Crippen LogP contribution >= 0.6 is 0 Å². The maximum Gasteiger partial charge on any atom is 0.422 e. The number of methoxy groups -OCH3 is 2. The van der Waals surface area contributed by atoms with E-state index in [-0.39, 0.29) is 72.0 Å². The van der Waals surface area contributed by atoms with Crippen LogP contribution in [-0.4, -0.2) is 119 Å². The van der Waals surface area contributed by atoms with E-state index in [2.05, 4.69) is 54.0 Å². The number of amides is 1. The summed E-state index contributed by atoms with van der Waals surface area (Å²) in [5.41, 5.74) is 2.63. The summed E-state index contributed by atoms with van der Waals surface area (Å²) in [6.07, 6.45) is -1.67. The topological polar surface area (TPSA) is 115 Å². The van der Waals surface area contributed by atoms with E-state index in [1.165, 1.54) is 26.6 Å². The van der Waals surface area contributed by atoms with Gasteiger partial charge >= 0.3 is 12.2 Å². The summed E-state index contributed by atoms with van der Waals surface area (Å²) in [5.74, 6) is -0.419. The second kappa shape index (κ2) is 15.9. The molecule has 0 aliphatic carbocycles. The average molecular weight is 708 g/mol. The van der Waals surface area contributed by atoms with E-state index in [0.29, 0.717) is 32.7 Å². The number of rotatable bonds is 12. The number of fused-ring (bicyclic) bond motifs is 1. The van der Waals surface area contributed by atoms with Crippen molar-refractivity contribution < 1.29 is 36.9 Å². The van der Waals surface area contributed by atoms with Crippen LogP contribution in [0.15, 0.2) is 73.1 Å². The Balaban J connectivity index is 1.38. The second-order valence-corrected chi connectivity index (χ2v) is 12.3. The highest BCUT2D eigenvalue weighted by molar-refractivity contribution is 5.94. The first kappa shape index (κ1) is 35.8. The number of hydrogen-bond donors (Lipinski definition) is 0. The van der Waals surface area contributed by atoms with Gasteiger partial charge in [0.1, 0.15) is 0 Å². The molecule has 12 nitrogen and oxygen atoms in total. The van der Waals surface area contributed by atoms with Crippen molar-refractivity contribution in [2.24, 2.45) is 0 Å². The van der Waals surface area contributed by atoms with Crippen LogP contribution in [0.2, 0.25) is 0 Å². The summed E-state index contributed by atoms with van der Waals surface area (Å²) in [7, 11) is 2.84. The molecule has 51 heavy (non-hydrogen) atoms. The van der Waals surface area contributed by atoms with Crippen molar-refractivity contribution in [2.45, 2.75) is 37.6 Å². The lowest BCUT2D eigenvalue weighted by Crippen LogP contribution is -2.67. The molecule has 0 bridgehead atoms. The standard InChI is InChI=1S/C36H40F3N7O5/c1-4-50-35-42-31(48-2)27(32(43-35)51-23-36(37,38)39)21-44-19-26-20-45(34(47)30-33(49-3)41-16-15-40-30)17-18-46(26)28(22-44)29(24-11-7-5-8-12-24)25-13-9-6-10-14-25/h5-16,26,28-29H,4,17-23H2,1-3H3/t26-,28?/m0/s1. The molecule has 1 amide bonds. The number of ether oxygens (including phenoxy) is 4. The summed E-state index contributed by atoms with van der Waals surface area (Å²) in [4.78, 5) is 37.1. The third kappa shape index (κ3) is 8.31. The van der Waals surface area contributed by atoms with Gasteiger partial charge in [-0.05, 0) is 18.1 Å². The van der Waals surface area contributed by atoms with Crippen molar-refractivity contribution in [1.82, 2.24) is 34.6 Å². The third-order valence-corrected chi connectivity index (χ3v) is 9.05. The van der Waals surface area contributed by atoms with Crippen LogP contribution in [0.25, 0.3) is 0 Å². The van der Waals surface area contributed by atoms with Gasteiger partial charge in [0, 0.05) is 69.7 Å². The molecule has 0 saturated carbocycles. The van der Waals surface area contributed by atoms with Crippen LogP contribution in [0.4, 0.5) is 13.2 Å². The van der Waals surface area contributed by atoms with Crippen LogP contribution in [0.5, 0.6) is 23.7 Å². The Labute approximate surface area is 294 Å². The minimum Gasteiger partial charge on any atom is -0.481 e. The maximum atomic E-state index is 13.8. The Morgan fingerprint density at radius 3 is 2.12 bits per heavy atom. The Hall–Kier alpha value is -5.02. The molecule has 0 N–H and O–H groups in total. The van der Waals surface area contributed by atoms with Crippen LogP contribution in [0.3, 0.4) is 0 Å². The SMILES string of the molecule is CCOc1nc(OC)c(CN2CC(C(c3ccccc3)c3ccccc3)N3CCN(C(=O)c4nccnc4OC)C[C@@H]3C2)c(OCC(F)(F)F)n1. The molecular weight excluding hydrogens is 667 g/mol. The number of carbonyl (C=O) groups is 1. The van der Waals surface area contributed by atoms with Crippen LogP contribution in [0.1, 0.15) is 40.0 Å². The molecule has 0 spiro atoms. The van der Waals surface area contributed by atoms with Crippen molar-refractivity contribution in [1.29, 1.82) is 0 Å². The van der Waals surface area contributed by atoms with Gasteiger partial charge in [0.2, 0.25) is 17.6 Å². The monoisotopic (exact) mass is 707 g/mol. The molecule has 4 aromatic rings. The van der Waals surface area contributed by atoms with Crippen molar-refractivity contribution in [3.8, 4) is 23.7 Å². The van der Waals surface area contributed by atoms with Gasteiger partial charge in [0.25, 0.3) is 5.91 Å². The van der Waals surface area contributed by atoms with Gasteiger partial charge in [0.15, 0.2) is 12.3 Å². The van der Waals surface area contributed by atoms with Crippen molar-refractivity contribution in [3.05, 3.63) is 95.4 Å². The number of alkyl halides is 3. The average Bonchev–Trinajstić information content (AvgIpc) is 3.14. The largest absolute Gasteiger partial charge is 0.481 e. The van der Waals surface area contributed by atoms with Gasteiger partial charge in [-0.3, -0.25) is 14.6 Å². The lowest BCUT2D eigenvalue weighted by atomic mass is 9.81. The second-order valence-electron chi connectivity index (χ2n) is 12.3. The number of piperazine rings is 2. The fraction of sp³-hybridized carbons (Fsp3) is 0.417. The number of halogens is 3. The first-order valence-electron chi connectivity index (χ1n) is 16.7. The van der Waals surface area contributed by atoms with E-state index in [0.717, 1.165) is 11.1 Å². The zero-order valence-electron chi connectivity index (χ0n) is 28.6. The molecule has 2 aromatic carbocycles. The molecule has 2 aliphatic heterocycles. The number of aromatic nitrogens is 4. The molecular formula is C36H40F3N7O5. The van der Waals surface area contributed by atoms with E-state index in [9.17, 15) is 18.0 Å². The van der Waals surface area contributed by atoms with E-state index >= 15 is 0 Å². The van der Waals surface area contributed by atoms with Gasteiger partial charge in [-0.25, -0.2) is 9.97 Å². The van der Waals surface area contributed by atoms with E-state index < -0.39 is 12.8 Å². The normalized spacial score (nSPS) is 18.3. The molecule has 2 fully saturated rings. The highest BCUT2D eigenvalue weighted by Gasteiger charge is 2.44. The Kier molecular flexibility index (Phi) is 11.2. The molecule has 2 aromatic heterocycles. The molecule has 15 heteroatoms. The van der Waals surface area contributed by atoms with Crippen LogP contribution in [0, 0.1) is 0 Å². The Morgan fingerprint density at radius 1 is 0.843 bits per heavy atom. The Morgan fingerprint density at radius 2 is 1.49 bits per heavy atom. The van der Waals surface area contributed by atoms with Gasteiger partial charge in [-0.15, -0.1) is 0 Å². The minimum atomic E-state index is -4.60. The fourth-order valence-corrected chi connectivity index (χ4v) is 6.97. The molecule has 2 saturated heterocycles. The number of benzene rings is 2. The zero-order chi connectivity index (χ0) is 36.0. The van der Waals surface area contributed by atoms with E-state index in [4.69, 9.17) is 18.9 Å². The predicted octanol–water partition coefficient (Wildman–Crippen LogP) is 4.47. The first-order chi connectivity index (χ1) is 24.7. The summed E-state index contributed by atoms with van der Waals surface area (Å²) < 4.78 is 61.8. The summed E-state index contributed by atoms with van der Waals surface area (Å²) >= 11 is 0. The quantitative estimate of drug-likeness (QED) is 0.208. The summed E-state index contributed by atoms with van der Waals surface area (Å²) in [6, 6.07) is 20.1. The summed E-state index contributed by atoms with van der Waals surface area (Å²) in [6.45, 7) is 2.91. The predicted molar refractivity (Wildman–Crippen MR) is 180 cm³/mol. The van der Waals surface area contributed by atoms with Crippen molar-refractivity contribution >= 4 is 5.91 Å². The van der Waals surface area contributed by atoms with Gasteiger partial charge < -0.3 is 23.8 Å². The van der Waals surface area contributed by atoms with Gasteiger partial charge in [-0.1, -0.05) is 60.7 Å². The molecule has 2 aliphatic rings. The zero-order valence-corrected chi connectivity index (χ0v) is 28.6. The fourth-order valence-electron chi connectivity index (χ4n) is 6.97. The lowest BCUT2D eigenvalue weighted by molar-refractivity contribution is -0.154. The van der Waals surface area contributed by atoms with Crippen molar-refractivity contribution in [3.63, 3.8) is 0 Å². The lowest BCUT2D eigenvalue weighted by Gasteiger charge is -2.53. The molecule has 4 heterocycles. The minimum absolute atomic E-state index is 0.0578. The molecule has 0 radical (unpaired) electrons. The molecule has 2 atom stereocenters. The van der Waals surface area contributed by atoms with Crippen LogP contribution < -0.4 is 18.9 Å². The Bertz CT molecular complexity index is 1730. The first-order valence-corrected chi connectivity index (χ1v) is 16.7. The summed E-state index contributed by atoms with van der Waals surface area (Å²) in [5, 5.41) is 0. The van der Waals surface area contributed by atoms with Gasteiger partial charge in [0.05, 0.1) is 26.4 Å². The van der Waals surface area contributed by atoms with Crippen LogP contribution in [-0.2, 0) is 6.54 Å². The third-order valence-electron chi connectivity index (χ3n) is 9.05. The number of nitrogens with zero attached hydrogens (tertiary/aromatic N) is 7. The van der Waals surface area contributed by atoms with Crippen molar-refractivity contribution in [2.75, 3.05) is 60.2 Å². The van der Waals surface area contributed by atoms with E-state index in [1.54, 1.807) is 11.8 Å². The smallest absolute Gasteiger partial charge is 0.422 e. The highest BCUT2D eigenvalue weighted by Crippen LogP contribution is 2.38.